The minimum Gasteiger partial charge on any atom is -0.396 e. The van der Waals surface area contributed by atoms with Crippen molar-refractivity contribution in [1.29, 1.82) is 0 Å². The first-order valence-electron chi connectivity index (χ1n) is 7.83. The summed E-state index contributed by atoms with van der Waals surface area (Å²) in [6.45, 7) is 6.52. The lowest BCUT2D eigenvalue weighted by Gasteiger charge is -2.12. The van der Waals surface area contributed by atoms with E-state index in [0.717, 1.165) is 12.8 Å². The standard InChI is InChI=1S/C17H26N2O3/c1-4-13-6-7-15(10-14(13)5-2)19-17(22)16(21)18-11-12(3)8-9-20/h6-7,10,12,20H,4-5,8-9,11H2,1-3H3,(H,18,21)(H,19,22). The summed E-state index contributed by atoms with van der Waals surface area (Å²) in [6, 6.07) is 5.71. The number of hydrogen-bond donors (Lipinski definition) is 3. The molecule has 0 bridgehead atoms. The van der Waals surface area contributed by atoms with Gasteiger partial charge >= 0.3 is 11.8 Å². The Morgan fingerprint density at radius 1 is 1.14 bits per heavy atom. The molecule has 0 aliphatic rings. The van der Waals surface area contributed by atoms with E-state index in [2.05, 4.69) is 24.5 Å². The van der Waals surface area contributed by atoms with Crippen molar-refractivity contribution in [1.82, 2.24) is 5.32 Å². The van der Waals surface area contributed by atoms with Crippen LogP contribution in [0.2, 0.25) is 0 Å². The minimum atomic E-state index is -0.664. The second-order valence-corrected chi connectivity index (χ2v) is 5.47. The molecule has 0 saturated carbocycles. The number of hydrogen-bond acceptors (Lipinski definition) is 3. The van der Waals surface area contributed by atoms with Crippen molar-refractivity contribution < 1.29 is 14.7 Å². The molecule has 3 N–H and O–H groups in total. The smallest absolute Gasteiger partial charge is 0.313 e. The number of anilines is 1. The number of carbonyl (C=O) groups excluding carboxylic acids is 2. The Balaban J connectivity index is 2.59. The second-order valence-electron chi connectivity index (χ2n) is 5.47. The lowest BCUT2D eigenvalue weighted by molar-refractivity contribution is -0.136. The molecule has 1 unspecified atom stereocenters. The minimum absolute atomic E-state index is 0.0762. The number of aliphatic hydroxyl groups excluding tert-OH is 1. The summed E-state index contributed by atoms with van der Waals surface area (Å²) in [5.41, 5.74) is 3.07. The highest BCUT2D eigenvalue weighted by Gasteiger charge is 2.15. The van der Waals surface area contributed by atoms with Gasteiger partial charge in [0.1, 0.15) is 0 Å². The van der Waals surface area contributed by atoms with E-state index >= 15 is 0 Å². The fourth-order valence-corrected chi connectivity index (χ4v) is 2.24. The monoisotopic (exact) mass is 306 g/mol. The molecule has 0 aliphatic carbocycles. The summed E-state index contributed by atoms with van der Waals surface area (Å²) >= 11 is 0. The molecule has 0 saturated heterocycles. The Morgan fingerprint density at radius 3 is 2.41 bits per heavy atom. The maximum atomic E-state index is 11.9. The van der Waals surface area contributed by atoms with E-state index in [1.165, 1.54) is 11.1 Å². The van der Waals surface area contributed by atoms with Crippen LogP contribution in [0.25, 0.3) is 0 Å². The van der Waals surface area contributed by atoms with E-state index < -0.39 is 11.8 Å². The number of amides is 2. The van der Waals surface area contributed by atoms with Crippen LogP contribution in [0.4, 0.5) is 5.69 Å². The first kappa shape index (κ1) is 18.2. The second kappa shape index (κ2) is 9.20. The molecule has 0 aromatic heterocycles. The van der Waals surface area contributed by atoms with E-state index in [-0.39, 0.29) is 12.5 Å². The highest BCUT2D eigenvalue weighted by molar-refractivity contribution is 6.39. The quantitative estimate of drug-likeness (QED) is 0.673. The molecule has 2 amide bonds. The molecule has 1 atom stereocenters. The molecule has 0 spiro atoms. The normalized spacial score (nSPS) is 11.8. The van der Waals surface area contributed by atoms with Crippen molar-refractivity contribution in [2.75, 3.05) is 18.5 Å². The van der Waals surface area contributed by atoms with E-state index in [4.69, 9.17) is 5.11 Å². The van der Waals surface area contributed by atoms with Crippen LogP contribution >= 0.6 is 0 Å². The SMILES string of the molecule is CCc1ccc(NC(=O)C(=O)NCC(C)CCO)cc1CC. The van der Waals surface area contributed by atoms with Crippen LogP contribution in [0.15, 0.2) is 18.2 Å². The highest BCUT2D eigenvalue weighted by atomic mass is 16.3. The average Bonchev–Trinajstić information content (AvgIpc) is 2.52. The number of rotatable bonds is 7. The fraction of sp³-hybridized carbons (Fsp3) is 0.529. The Morgan fingerprint density at radius 2 is 1.82 bits per heavy atom. The van der Waals surface area contributed by atoms with Gasteiger partial charge in [-0.2, -0.15) is 0 Å². The molecule has 0 heterocycles. The van der Waals surface area contributed by atoms with Gasteiger partial charge in [0.25, 0.3) is 0 Å². The lowest BCUT2D eigenvalue weighted by Crippen LogP contribution is -2.37. The number of aliphatic hydroxyl groups is 1. The summed E-state index contributed by atoms with van der Waals surface area (Å²) in [5.74, 6) is -1.18. The Kier molecular flexibility index (Phi) is 7.60. The summed E-state index contributed by atoms with van der Waals surface area (Å²) in [5, 5.41) is 14.0. The van der Waals surface area contributed by atoms with Gasteiger partial charge in [-0.1, -0.05) is 26.8 Å². The molecular formula is C17H26N2O3. The van der Waals surface area contributed by atoms with Crippen LogP contribution < -0.4 is 10.6 Å². The molecule has 5 heteroatoms. The van der Waals surface area contributed by atoms with Gasteiger partial charge in [-0.25, -0.2) is 0 Å². The van der Waals surface area contributed by atoms with Gasteiger partial charge in [0, 0.05) is 18.8 Å². The molecule has 0 aliphatic heterocycles. The maximum absolute atomic E-state index is 11.9. The Labute approximate surface area is 132 Å². The number of benzene rings is 1. The van der Waals surface area contributed by atoms with E-state index in [9.17, 15) is 9.59 Å². The summed E-state index contributed by atoms with van der Waals surface area (Å²) < 4.78 is 0. The van der Waals surface area contributed by atoms with Gasteiger partial charge in [-0.15, -0.1) is 0 Å². The third-order valence-electron chi connectivity index (χ3n) is 3.67. The third kappa shape index (κ3) is 5.48. The van der Waals surface area contributed by atoms with Crippen molar-refractivity contribution in [2.24, 2.45) is 5.92 Å². The fourth-order valence-electron chi connectivity index (χ4n) is 2.24. The van der Waals surface area contributed by atoms with Crippen molar-refractivity contribution in [2.45, 2.75) is 40.0 Å². The zero-order chi connectivity index (χ0) is 16.5. The molecule has 0 radical (unpaired) electrons. The van der Waals surface area contributed by atoms with E-state index in [1.54, 1.807) is 0 Å². The van der Waals surface area contributed by atoms with Crippen LogP contribution in [0, 0.1) is 5.92 Å². The predicted molar refractivity (Wildman–Crippen MR) is 87.7 cm³/mol. The number of carbonyl (C=O) groups is 2. The van der Waals surface area contributed by atoms with Gasteiger partial charge in [0.15, 0.2) is 0 Å². The third-order valence-corrected chi connectivity index (χ3v) is 3.67. The lowest BCUT2D eigenvalue weighted by atomic mass is 10.0. The van der Waals surface area contributed by atoms with Crippen molar-refractivity contribution >= 4 is 17.5 Å². The zero-order valence-corrected chi connectivity index (χ0v) is 13.6. The first-order chi connectivity index (χ1) is 10.5. The van der Waals surface area contributed by atoms with Crippen LogP contribution in [0.3, 0.4) is 0 Å². The van der Waals surface area contributed by atoms with Gasteiger partial charge < -0.3 is 15.7 Å². The van der Waals surface area contributed by atoms with Crippen molar-refractivity contribution in [3.05, 3.63) is 29.3 Å². The molecule has 22 heavy (non-hydrogen) atoms. The summed E-state index contributed by atoms with van der Waals surface area (Å²) in [4.78, 5) is 23.6. The molecule has 1 aromatic carbocycles. The summed E-state index contributed by atoms with van der Waals surface area (Å²) in [7, 11) is 0. The molecule has 122 valence electrons. The largest absolute Gasteiger partial charge is 0.396 e. The molecule has 1 rings (SSSR count). The highest BCUT2D eigenvalue weighted by Crippen LogP contribution is 2.17. The summed E-state index contributed by atoms with van der Waals surface area (Å²) in [6.07, 6.45) is 2.43. The molecule has 0 fully saturated rings. The number of nitrogens with one attached hydrogen (secondary N) is 2. The van der Waals surface area contributed by atoms with E-state index in [0.29, 0.717) is 18.7 Å². The van der Waals surface area contributed by atoms with Gasteiger partial charge in [-0.3, -0.25) is 9.59 Å². The molecule has 1 aromatic rings. The Bertz CT molecular complexity index is 515. The number of aryl methyl sites for hydroxylation is 2. The van der Waals surface area contributed by atoms with Crippen LogP contribution in [-0.2, 0) is 22.4 Å². The molecule has 5 nitrogen and oxygen atoms in total. The first-order valence-corrected chi connectivity index (χ1v) is 7.83. The van der Waals surface area contributed by atoms with Crippen LogP contribution in [0.5, 0.6) is 0 Å². The van der Waals surface area contributed by atoms with Gasteiger partial charge in [-0.05, 0) is 48.4 Å². The van der Waals surface area contributed by atoms with E-state index in [1.807, 2.05) is 25.1 Å². The molecular weight excluding hydrogens is 280 g/mol. The van der Waals surface area contributed by atoms with Gasteiger partial charge in [0.05, 0.1) is 0 Å². The topological polar surface area (TPSA) is 78.4 Å². The van der Waals surface area contributed by atoms with Crippen molar-refractivity contribution in [3.63, 3.8) is 0 Å². The van der Waals surface area contributed by atoms with Crippen LogP contribution in [0.1, 0.15) is 38.3 Å². The van der Waals surface area contributed by atoms with Crippen molar-refractivity contribution in [3.8, 4) is 0 Å². The maximum Gasteiger partial charge on any atom is 0.313 e. The predicted octanol–water partition coefficient (Wildman–Crippen LogP) is 1.88. The zero-order valence-electron chi connectivity index (χ0n) is 13.6. The van der Waals surface area contributed by atoms with Gasteiger partial charge in [0.2, 0.25) is 0 Å². The van der Waals surface area contributed by atoms with Crippen LogP contribution in [-0.4, -0.2) is 30.1 Å². The average molecular weight is 306 g/mol. The Hall–Kier alpha value is -1.88.